The second kappa shape index (κ2) is 6.12. The minimum Gasteiger partial charge on any atom is -0.350 e. The van der Waals surface area contributed by atoms with E-state index in [9.17, 15) is 9.59 Å². The van der Waals surface area contributed by atoms with Gasteiger partial charge >= 0.3 is 0 Å². The lowest BCUT2D eigenvalue weighted by Crippen LogP contribution is -2.43. The molecule has 1 unspecified atom stereocenters. The summed E-state index contributed by atoms with van der Waals surface area (Å²) in [6.07, 6.45) is 3.02. The van der Waals surface area contributed by atoms with Crippen LogP contribution in [0.3, 0.4) is 0 Å². The fraction of sp³-hybridized carbons (Fsp3) is 0.353. The van der Waals surface area contributed by atoms with Crippen molar-refractivity contribution in [2.75, 3.05) is 0 Å². The summed E-state index contributed by atoms with van der Waals surface area (Å²) >= 11 is 0. The maximum Gasteiger partial charge on any atom is 0.261 e. The van der Waals surface area contributed by atoms with E-state index in [4.69, 9.17) is 0 Å². The van der Waals surface area contributed by atoms with Gasteiger partial charge < -0.3 is 9.88 Å². The summed E-state index contributed by atoms with van der Waals surface area (Å²) in [4.78, 5) is 29.1. The molecule has 0 bridgehead atoms. The summed E-state index contributed by atoms with van der Waals surface area (Å²) in [5.41, 5.74) is 0.424. The molecule has 1 atom stereocenters. The third-order valence-electron chi connectivity index (χ3n) is 4.54. The Balaban J connectivity index is 1.47. The van der Waals surface area contributed by atoms with Gasteiger partial charge in [0.15, 0.2) is 0 Å². The van der Waals surface area contributed by atoms with Gasteiger partial charge in [-0.25, -0.2) is 4.98 Å². The number of nitrogens with one attached hydrogen (secondary N) is 1. The number of para-hydroxylation sites is 1. The SMILES string of the molecule is Cc1nnc2n1CC(NC(=O)Cn1cnc3ccccc3c1=O)CC2. The Kier molecular flexibility index (Phi) is 3.79. The Morgan fingerprint density at radius 2 is 2.16 bits per heavy atom. The molecule has 0 saturated heterocycles. The number of carbonyl (C=O) groups excluding carboxylic acids is 1. The molecule has 0 radical (unpaired) electrons. The number of carbonyl (C=O) groups is 1. The first kappa shape index (κ1) is 15.5. The lowest BCUT2D eigenvalue weighted by atomic mass is 10.1. The topological polar surface area (TPSA) is 94.7 Å². The largest absolute Gasteiger partial charge is 0.350 e. The third-order valence-corrected chi connectivity index (χ3v) is 4.54. The summed E-state index contributed by atoms with van der Waals surface area (Å²) in [6, 6.07) is 7.13. The lowest BCUT2D eigenvalue weighted by molar-refractivity contribution is -0.122. The van der Waals surface area contributed by atoms with Crippen LogP contribution in [-0.2, 0) is 24.3 Å². The van der Waals surface area contributed by atoms with Gasteiger partial charge in [0, 0.05) is 19.0 Å². The van der Waals surface area contributed by atoms with Gasteiger partial charge in [0.2, 0.25) is 5.91 Å². The highest BCUT2D eigenvalue weighted by molar-refractivity contribution is 5.79. The highest BCUT2D eigenvalue weighted by atomic mass is 16.2. The van der Waals surface area contributed by atoms with E-state index in [2.05, 4.69) is 20.5 Å². The van der Waals surface area contributed by atoms with Crippen molar-refractivity contribution in [1.82, 2.24) is 29.6 Å². The number of hydrogen-bond donors (Lipinski definition) is 1. The smallest absolute Gasteiger partial charge is 0.261 e. The van der Waals surface area contributed by atoms with Crippen LogP contribution >= 0.6 is 0 Å². The van der Waals surface area contributed by atoms with Crippen LogP contribution in [0.15, 0.2) is 35.4 Å². The maximum absolute atomic E-state index is 12.5. The predicted molar refractivity (Wildman–Crippen MR) is 91.0 cm³/mol. The van der Waals surface area contributed by atoms with Crippen LogP contribution in [0, 0.1) is 6.92 Å². The van der Waals surface area contributed by atoms with Crippen LogP contribution in [0.5, 0.6) is 0 Å². The number of hydrogen-bond acceptors (Lipinski definition) is 5. The zero-order valence-corrected chi connectivity index (χ0v) is 13.8. The van der Waals surface area contributed by atoms with E-state index < -0.39 is 0 Å². The Morgan fingerprint density at radius 1 is 1.32 bits per heavy atom. The van der Waals surface area contributed by atoms with Gasteiger partial charge in [0.1, 0.15) is 18.2 Å². The van der Waals surface area contributed by atoms with Crippen LogP contribution in [0.4, 0.5) is 0 Å². The van der Waals surface area contributed by atoms with Gasteiger partial charge in [-0.3, -0.25) is 14.2 Å². The van der Waals surface area contributed by atoms with Crippen LogP contribution in [0.25, 0.3) is 10.9 Å². The maximum atomic E-state index is 12.5. The molecular weight excluding hydrogens is 320 g/mol. The molecule has 8 nitrogen and oxygen atoms in total. The molecule has 0 saturated carbocycles. The minimum atomic E-state index is -0.207. The molecule has 1 amide bonds. The van der Waals surface area contributed by atoms with E-state index in [1.807, 2.05) is 17.6 Å². The van der Waals surface area contributed by atoms with E-state index in [-0.39, 0.29) is 24.1 Å². The van der Waals surface area contributed by atoms with Gasteiger partial charge in [-0.15, -0.1) is 10.2 Å². The van der Waals surface area contributed by atoms with Crippen molar-refractivity contribution < 1.29 is 4.79 Å². The Bertz CT molecular complexity index is 1010. The first-order valence-electron chi connectivity index (χ1n) is 8.24. The summed E-state index contributed by atoms with van der Waals surface area (Å²) in [5, 5.41) is 11.7. The van der Waals surface area contributed by atoms with Crippen LogP contribution < -0.4 is 10.9 Å². The second-order valence-electron chi connectivity index (χ2n) is 6.27. The first-order chi connectivity index (χ1) is 12.1. The molecule has 3 heterocycles. The molecule has 0 spiro atoms. The summed E-state index contributed by atoms with van der Waals surface area (Å²) in [5.74, 6) is 1.61. The number of rotatable bonds is 3. The standard InChI is InChI=1S/C17H18N6O2/c1-11-20-21-15-7-6-12(8-23(11)15)19-16(24)9-22-10-18-14-5-3-2-4-13(14)17(22)25/h2-5,10,12H,6-9H2,1H3,(H,19,24). The van der Waals surface area contributed by atoms with Gasteiger partial charge in [0.25, 0.3) is 5.56 Å². The van der Waals surface area contributed by atoms with Crippen molar-refractivity contribution >= 4 is 16.8 Å². The lowest BCUT2D eigenvalue weighted by Gasteiger charge is -2.25. The number of amides is 1. The van der Waals surface area contributed by atoms with E-state index in [1.165, 1.54) is 10.9 Å². The van der Waals surface area contributed by atoms with Crippen molar-refractivity contribution in [3.8, 4) is 0 Å². The average molecular weight is 338 g/mol. The van der Waals surface area contributed by atoms with Crippen molar-refractivity contribution in [3.05, 3.63) is 52.6 Å². The first-order valence-corrected chi connectivity index (χ1v) is 8.24. The van der Waals surface area contributed by atoms with E-state index in [1.54, 1.807) is 18.2 Å². The Hall–Kier alpha value is -3.03. The fourth-order valence-electron chi connectivity index (χ4n) is 3.23. The molecular formula is C17H18N6O2. The molecule has 2 aromatic heterocycles. The Morgan fingerprint density at radius 3 is 3.04 bits per heavy atom. The highest BCUT2D eigenvalue weighted by Gasteiger charge is 2.23. The molecule has 8 heteroatoms. The molecule has 0 fully saturated rings. The summed E-state index contributed by atoms with van der Waals surface area (Å²) < 4.78 is 3.37. The normalized spacial score (nSPS) is 16.6. The van der Waals surface area contributed by atoms with E-state index >= 15 is 0 Å². The molecule has 1 N–H and O–H groups in total. The van der Waals surface area contributed by atoms with Gasteiger partial charge in [-0.1, -0.05) is 12.1 Å². The van der Waals surface area contributed by atoms with Crippen molar-refractivity contribution in [3.63, 3.8) is 0 Å². The zero-order chi connectivity index (χ0) is 17.4. The number of aromatic nitrogens is 5. The van der Waals surface area contributed by atoms with Crippen molar-refractivity contribution in [2.45, 2.75) is 38.9 Å². The van der Waals surface area contributed by atoms with Gasteiger partial charge in [-0.05, 0) is 25.5 Å². The third kappa shape index (κ3) is 2.90. The highest BCUT2D eigenvalue weighted by Crippen LogP contribution is 2.14. The zero-order valence-electron chi connectivity index (χ0n) is 13.8. The van der Waals surface area contributed by atoms with Crippen LogP contribution in [0.2, 0.25) is 0 Å². The number of nitrogens with zero attached hydrogens (tertiary/aromatic N) is 5. The van der Waals surface area contributed by atoms with Gasteiger partial charge in [0.05, 0.1) is 17.2 Å². The quantitative estimate of drug-likeness (QED) is 0.747. The second-order valence-corrected chi connectivity index (χ2v) is 6.27. The van der Waals surface area contributed by atoms with Crippen LogP contribution in [-0.4, -0.2) is 36.3 Å². The molecule has 128 valence electrons. The molecule has 3 aromatic rings. The summed E-state index contributed by atoms with van der Waals surface area (Å²) in [7, 11) is 0. The number of aryl methyl sites for hydroxylation is 2. The number of benzene rings is 1. The Labute approximate surface area is 143 Å². The van der Waals surface area contributed by atoms with Crippen molar-refractivity contribution in [1.29, 1.82) is 0 Å². The average Bonchev–Trinajstić information content (AvgIpc) is 2.98. The molecule has 0 aliphatic carbocycles. The molecule has 4 rings (SSSR count). The number of fused-ring (bicyclic) bond motifs is 2. The van der Waals surface area contributed by atoms with E-state index in [0.717, 1.165) is 24.5 Å². The van der Waals surface area contributed by atoms with Crippen LogP contribution in [0.1, 0.15) is 18.1 Å². The molecule has 1 aliphatic rings. The molecule has 1 aromatic carbocycles. The monoisotopic (exact) mass is 338 g/mol. The predicted octanol–water partition coefficient (Wildman–Crippen LogP) is 0.428. The van der Waals surface area contributed by atoms with Crippen molar-refractivity contribution in [2.24, 2.45) is 0 Å². The molecule has 1 aliphatic heterocycles. The fourth-order valence-corrected chi connectivity index (χ4v) is 3.23. The summed E-state index contributed by atoms with van der Waals surface area (Å²) in [6.45, 7) is 2.52. The minimum absolute atomic E-state index is 0.0128. The molecule has 25 heavy (non-hydrogen) atoms. The van der Waals surface area contributed by atoms with Gasteiger partial charge in [-0.2, -0.15) is 0 Å². The van der Waals surface area contributed by atoms with E-state index in [0.29, 0.717) is 17.4 Å².